The molecule has 2 rings (SSSR count). The van der Waals surface area contributed by atoms with Crippen LogP contribution in [0.15, 0.2) is 9.32 Å². The van der Waals surface area contributed by atoms with Crippen LogP contribution in [0.25, 0.3) is 0 Å². The molecule has 114 valence electrons. The Morgan fingerprint density at radius 1 is 1.50 bits per heavy atom. The van der Waals surface area contributed by atoms with Crippen molar-refractivity contribution in [1.82, 2.24) is 19.2 Å². The first-order chi connectivity index (χ1) is 9.38. The lowest BCUT2D eigenvalue weighted by Crippen LogP contribution is -2.54. The van der Waals surface area contributed by atoms with Crippen LogP contribution in [0.5, 0.6) is 0 Å². The molecule has 0 aromatic carbocycles. The van der Waals surface area contributed by atoms with Gasteiger partial charge in [-0.2, -0.15) is 12.7 Å². The van der Waals surface area contributed by atoms with Gasteiger partial charge in [0, 0.05) is 25.6 Å². The van der Waals surface area contributed by atoms with Gasteiger partial charge in [-0.15, -0.1) is 0 Å². The van der Waals surface area contributed by atoms with Crippen LogP contribution >= 0.6 is 0 Å². The minimum Gasteiger partial charge on any atom is -0.375 e. The summed E-state index contributed by atoms with van der Waals surface area (Å²) in [6.07, 6.45) is 0.119. The van der Waals surface area contributed by atoms with Gasteiger partial charge in [-0.25, -0.2) is 9.52 Å². The number of aromatic nitrogens is 2. The second-order valence-corrected chi connectivity index (χ2v) is 6.46. The highest BCUT2D eigenvalue weighted by Gasteiger charge is 2.32. The van der Waals surface area contributed by atoms with Crippen LogP contribution in [0.3, 0.4) is 0 Å². The Balaban J connectivity index is 1.91. The fourth-order valence-electron chi connectivity index (χ4n) is 1.96. The van der Waals surface area contributed by atoms with Crippen molar-refractivity contribution in [2.75, 3.05) is 19.7 Å². The van der Waals surface area contributed by atoms with E-state index in [0.29, 0.717) is 19.0 Å². The summed E-state index contributed by atoms with van der Waals surface area (Å²) in [5.41, 5.74) is 0. The van der Waals surface area contributed by atoms with Gasteiger partial charge >= 0.3 is 5.76 Å². The third kappa shape index (κ3) is 3.66. The number of hydrogen-bond donors (Lipinski definition) is 2. The molecule has 2 atom stereocenters. The van der Waals surface area contributed by atoms with E-state index in [1.54, 1.807) is 6.92 Å². The molecule has 2 N–H and O–H groups in total. The molecule has 0 spiro atoms. The molecule has 1 aliphatic heterocycles. The molecule has 2 unspecified atom stereocenters. The first-order valence-electron chi connectivity index (χ1n) is 6.31. The monoisotopic (exact) mass is 306 g/mol. The summed E-state index contributed by atoms with van der Waals surface area (Å²) in [7, 11) is -3.58. The Hall–Kier alpha value is -1.23. The normalized spacial score (nSPS) is 24.9. The number of aromatic amines is 1. The third-order valence-corrected chi connectivity index (χ3v) is 4.69. The van der Waals surface area contributed by atoms with Crippen LogP contribution in [-0.2, 0) is 21.4 Å². The highest BCUT2D eigenvalue weighted by atomic mass is 32.2. The summed E-state index contributed by atoms with van der Waals surface area (Å²) >= 11 is 0. The third-order valence-electron chi connectivity index (χ3n) is 2.99. The number of morpholine rings is 1. The van der Waals surface area contributed by atoms with Gasteiger partial charge in [0.2, 0.25) is 0 Å². The highest BCUT2D eigenvalue weighted by molar-refractivity contribution is 7.87. The van der Waals surface area contributed by atoms with E-state index >= 15 is 0 Å². The molecule has 1 aromatic rings. The summed E-state index contributed by atoms with van der Waals surface area (Å²) in [6.45, 7) is 4.44. The van der Waals surface area contributed by atoms with Gasteiger partial charge in [0.05, 0.1) is 12.7 Å². The molecule has 0 saturated carbocycles. The molecule has 0 bridgehead atoms. The summed E-state index contributed by atoms with van der Waals surface area (Å²) in [6, 6.07) is -0.212. The van der Waals surface area contributed by atoms with Gasteiger partial charge in [0.1, 0.15) is 0 Å². The Labute approximate surface area is 116 Å². The second-order valence-electron chi connectivity index (χ2n) is 4.75. The zero-order valence-corrected chi connectivity index (χ0v) is 12.1. The lowest BCUT2D eigenvalue weighted by Gasteiger charge is -2.35. The molecule has 1 saturated heterocycles. The van der Waals surface area contributed by atoms with Crippen LogP contribution < -0.4 is 10.5 Å². The lowest BCUT2D eigenvalue weighted by molar-refractivity contribution is -0.0174. The van der Waals surface area contributed by atoms with Crippen LogP contribution in [0, 0.1) is 0 Å². The van der Waals surface area contributed by atoms with E-state index in [2.05, 4.69) is 19.4 Å². The number of nitrogens with zero attached hydrogens (tertiary/aromatic N) is 2. The first-order valence-corrected chi connectivity index (χ1v) is 7.75. The van der Waals surface area contributed by atoms with Crippen molar-refractivity contribution in [3.05, 3.63) is 16.4 Å². The van der Waals surface area contributed by atoms with E-state index in [1.165, 1.54) is 4.31 Å². The van der Waals surface area contributed by atoms with Crippen molar-refractivity contribution in [3.8, 4) is 0 Å². The van der Waals surface area contributed by atoms with Gasteiger partial charge in [0.25, 0.3) is 10.2 Å². The number of H-pyrrole nitrogens is 1. The molecule has 1 fully saturated rings. The molecule has 2 heterocycles. The standard InChI is InChI=1S/C10H18N4O5S/c1-7-6-18-8(2)5-14(7)20(16,17)11-4-3-9-12-10(15)19-13-9/h7-8,11H,3-6H2,1-2H3,(H,12,13,15). The number of nitrogens with one attached hydrogen (secondary N) is 2. The fraction of sp³-hybridized carbons (Fsp3) is 0.800. The van der Waals surface area contributed by atoms with Crippen LogP contribution in [-0.4, -0.2) is 54.7 Å². The second kappa shape index (κ2) is 6.04. The lowest BCUT2D eigenvalue weighted by atomic mass is 10.2. The van der Waals surface area contributed by atoms with Crippen molar-refractivity contribution in [1.29, 1.82) is 0 Å². The van der Waals surface area contributed by atoms with Crippen molar-refractivity contribution >= 4 is 10.2 Å². The van der Waals surface area contributed by atoms with Crippen molar-refractivity contribution in [2.45, 2.75) is 32.4 Å². The van der Waals surface area contributed by atoms with E-state index in [9.17, 15) is 13.2 Å². The molecule has 0 aliphatic carbocycles. The minimum atomic E-state index is -3.58. The van der Waals surface area contributed by atoms with E-state index in [-0.39, 0.29) is 25.1 Å². The fourth-order valence-corrected chi connectivity index (χ4v) is 3.42. The summed E-state index contributed by atoms with van der Waals surface area (Å²) in [5.74, 6) is -0.348. The smallest absolute Gasteiger partial charge is 0.375 e. The van der Waals surface area contributed by atoms with Crippen LogP contribution in [0.2, 0.25) is 0 Å². The largest absolute Gasteiger partial charge is 0.438 e. The average Bonchev–Trinajstić information content (AvgIpc) is 2.78. The van der Waals surface area contributed by atoms with E-state index in [4.69, 9.17) is 4.74 Å². The molecule has 9 nitrogen and oxygen atoms in total. The molecule has 0 amide bonds. The average molecular weight is 306 g/mol. The van der Waals surface area contributed by atoms with E-state index in [1.807, 2.05) is 6.92 Å². The summed E-state index contributed by atoms with van der Waals surface area (Å²) < 4.78 is 37.9. The van der Waals surface area contributed by atoms with Crippen molar-refractivity contribution in [3.63, 3.8) is 0 Å². The van der Waals surface area contributed by atoms with Crippen molar-refractivity contribution in [2.24, 2.45) is 0 Å². The Kier molecular flexibility index (Phi) is 4.58. The molecule has 10 heteroatoms. The molecule has 1 aromatic heterocycles. The molecular weight excluding hydrogens is 288 g/mol. The molecule has 1 aliphatic rings. The minimum absolute atomic E-state index is 0.128. The van der Waals surface area contributed by atoms with Crippen molar-refractivity contribution < 1.29 is 17.7 Å². The van der Waals surface area contributed by atoms with Gasteiger partial charge in [-0.1, -0.05) is 5.16 Å². The number of hydrogen-bond acceptors (Lipinski definition) is 6. The predicted octanol–water partition coefficient (Wildman–Crippen LogP) is -1.15. The highest BCUT2D eigenvalue weighted by Crippen LogP contribution is 2.14. The number of ether oxygens (including phenoxy) is 1. The van der Waals surface area contributed by atoms with E-state index in [0.717, 1.165) is 0 Å². The Morgan fingerprint density at radius 2 is 2.25 bits per heavy atom. The predicted molar refractivity (Wildman–Crippen MR) is 69.3 cm³/mol. The topological polar surface area (TPSA) is 118 Å². The quantitative estimate of drug-likeness (QED) is 0.709. The molecule has 0 radical (unpaired) electrons. The first kappa shape index (κ1) is 15.2. The molecular formula is C10H18N4O5S. The number of rotatable bonds is 5. The van der Waals surface area contributed by atoms with E-state index < -0.39 is 16.0 Å². The van der Waals surface area contributed by atoms with Crippen LogP contribution in [0.4, 0.5) is 0 Å². The van der Waals surface area contributed by atoms with Gasteiger partial charge in [-0.05, 0) is 13.8 Å². The Morgan fingerprint density at radius 3 is 2.90 bits per heavy atom. The maximum atomic E-state index is 12.2. The maximum Gasteiger partial charge on any atom is 0.438 e. The van der Waals surface area contributed by atoms with Crippen LogP contribution in [0.1, 0.15) is 19.7 Å². The zero-order chi connectivity index (χ0) is 14.8. The molecule has 20 heavy (non-hydrogen) atoms. The summed E-state index contributed by atoms with van der Waals surface area (Å²) in [5, 5.41) is 3.46. The summed E-state index contributed by atoms with van der Waals surface area (Å²) in [4.78, 5) is 13.1. The maximum absolute atomic E-state index is 12.2. The zero-order valence-electron chi connectivity index (χ0n) is 11.3. The van der Waals surface area contributed by atoms with Gasteiger partial charge in [-0.3, -0.25) is 9.51 Å². The SMILES string of the molecule is CC1CN(S(=O)(=O)NCCc2noc(=O)[nH]2)C(C)CO1. The van der Waals surface area contributed by atoms with Gasteiger partial charge in [0.15, 0.2) is 5.82 Å². The van der Waals surface area contributed by atoms with Gasteiger partial charge < -0.3 is 4.74 Å². The Bertz CT molecular complexity index is 595.